The molecule has 0 heterocycles. The molecule has 1 aromatic rings. The second-order valence-corrected chi connectivity index (χ2v) is 3.85. The number of nitrogens with two attached hydrogens (primary N) is 1. The Kier molecular flexibility index (Phi) is 6.24. The van der Waals surface area contributed by atoms with Gasteiger partial charge in [-0.3, -0.25) is 0 Å². The van der Waals surface area contributed by atoms with E-state index in [4.69, 9.17) is 5.73 Å². The average Bonchev–Trinajstić information content (AvgIpc) is 2.00. The van der Waals surface area contributed by atoms with Gasteiger partial charge in [0.1, 0.15) is 5.82 Å². The summed E-state index contributed by atoms with van der Waals surface area (Å²) in [6.45, 7) is 0. The second kappa shape index (κ2) is 6.35. The topological polar surface area (TPSA) is 26.0 Å². The zero-order chi connectivity index (χ0) is 10.7. The van der Waals surface area contributed by atoms with Crippen molar-refractivity contribution < 1.29 is 13.2 Å². The summed E-state index contributed by atoms with van der Waals surface area (Å²) in [7, 11) is 0. The van der Waals surface area contributed by atoms with E-state index in [-0.39, 0.29) is 12.4 Å². The highest BCUT2D eigenvalue weighted by atomic mass is 79.9. The first kappa shape index (κ1) is 14.7. The third-order valence-electron chi connectivity index (χ3n) is 1.75. The number of benzene rings is 1. The first-order valence-electron chi connectivity index (χ1n) is 3.98. The third-order valence-corrected chi connectivity index (χ3v) is 2.20. The normalized spacial score (nSPS) is 12.4. The smallest absolute Gasteiger partial charge is 0.240 e. The molecule has 0 aliphatic carbocycles. The summed E-state index contributed by atoms with van der Waals surface area (Å²) < 4.78 is 37.3. The second-order valence-electron chi connectivity index (χ2n) is 2.94. The minimum atomic E-state index is -2.48. The lowest BCUT2D eigenvalue weighted by atomic mass is 10.1. The van der Waals surface area contributed by atoms with Crippen molar-refractivity contribution in [3.8, 4) is 0 Å². The monoisotopic (exact) mass is 303 g/mol. The first-order valence-corrected chi connectivity index (χ1v) is 4.78. The molecule has 0 aliphatic heterocycles. The zero-order valence-corrected chi connectivity index (χ0v) is 9.99. The molecule has 0 radical (unpaired) electrons. The molecule has 0 fully saturated rings. The molecule has 1 atom stereocenters. The summed E-state index contributed by atoms with van der Waals surface area (Å²) in [5.74, 6) is -0.487. The van der Waals surface area contributed by atoms with Gasteiger partial charge in [-0.2, -0.15) is 0 Å². The molecule has 0 unspecified atom stereocenters. The van der Waals surface area contributed by atoms with Crippen molar-refractivity contribution in [3.05, 3.63) is 34.1 Å². The van der Waals surface area contributed by atoms with Crippen LogP contribution >= 0.6 is 28.3 Å². The Morgan fingerprint density at radius 2 is 1.87 bits per heavy atom. The summed E-state index contributed by atoms with van der Waals surface area (Å²) in [6.07, 6.45) is -2.94. The van der Waals surface area contributed by atoms with Crippen molar-refractivity contribution in [3.63, 3.8) is 0 Å². The molecule has 86 valence electrons. The molecule has 6 heteroatoms. The number of rotatable bonds is 3. The van der Waals surface area contributed by atoms with Crippen molar-refractivity contribution in [1.29, 1.82) is 0 Å². The number of halogens is 5. The van der Waals surface area contributed by atoms with Gasteiger partial charge in [0.25, 0.3) is 0 Å². The summed E-state index contributed by atoms with van der Waals surface area (Å²) in [5, 5.41) is 0. The van der Waals surface area contributed by atoms with Gasteiger partial charge < -0.3 is 5.73 Å². The van der Waals surface area contributed by atoms with E-state index >= 15 is 0 Å². The molecular formula is C9H10BrClF3N. The fraction of sp³-hybridized carbons (Fsp3) is 0.333. The maximum atomic E-state index is 12.9. The van der Waals surface area contributed by atoms with E-state index in [1.165, 1.54) is 12.1 Å². The van der Waals surface area contributed by atoms with E-state index < -0.39 is 24.7 Å². The van der Waals surface area contributed by atoms with E-state index in [0.29, 0.717) is 10.0 Å². The van der Waals surface area contributed by atoms with Crippen molar-refractivity contribution in [2.24, 2.45) is 5.73 Å². The number of hydrogen-bond donors (Lipinski definition) is 1. The van der Waals surface area contributed by atoms with E-state index in [0.717, 1.165) is 6.07 Å². The van der Waals surface area contributed by atoms with Crippen LogP contribution in [0, 0.1) is 5.82 Å². The van der Waals surface area contributed by atoms with E-state index in [2.05, 4.69) is 15.9 Å². The van der Waals surface area contributed by atoms with Crippen LogP contribution in [0.3, 0.4) is 0 Å². The standard InChI is InChI=1S/C9H9BrF3N.ClH/c10-6-1-5(2-7(11)3-6)8(14)4-9(12)13;/h1-3,8-9H,4,14H2;1H/t8-;/m0./s1. The van der Waals surface area contributed by atoms with Crippen LogP contribution in [-0.4, -0.2) is 6.43 Å². The van der Waals surface area contributed by atoms with Gasteiger partial charge in [-0.1, -0.05) is 15.9 Å². The molecular weight excluding hydrogens is 294 g/mol. The van der Waals surface area contributed by atoms with E-state index in [1.807, 2.05) is 0 Å². The van der Waals surface area contributed by atoms with Gasteiger partial charge in [-0.15, -0.1) is 12.4 Å². The third kappa shape index (κ3) is 4.86. The molecule has 0 aromatic heterocycles. The lowest BCUT2D eigenvalue weighted by Gasteiger charge is -2.11. The Bertz CT molecular complexity index is 302. The summed E-state index contributed by atoms with van der Waals surface area (Å²) in [5.41, 5.74) is 5.84. The van der Waals surface area contributed by atoms with Crippen LogP contribution in [0.1, 0.15) is 18.0 Å². The predicted octanol–water partition coefficient (Wildman–Crippen LogP) is 3.67. The van der Waals surface area contributed by atoms with Crippen LogP contribution in [0.5, 0.6) is 0 Å². The molecule has 0 spiro atoms. The molecule has 0 aliphatic rings. The van der Waals surface area contributed by atoms with Gasteiger partial charge in [0.2, 0.25) is 6.43 Å². The zero-order valence-electron chi connectivity index (χ0n) is 7.59. The van der Waals surface area contributed by atoms with Gasteiger partial charge in [0, 0.05) is 16.9 Å². The summed E-state index contributed by atoms with van der Waals surface area (Å²) in [4.78, 5) is 0. The van der Waals surface area contributed by atoms with Crippen molar-refractivity contribution in [1.82, 2.24) is 0 Å². The van der Waals surface area contributed by atoms with Gasteiger partial charge in [0.15, 0.2) is 0 Å². The highest BCUT2D eigenvalue weighted by Gasteiger charge is 2.13. The molecule has 15 heavy (non-hydrogen) atoms. The van der Waals surface area contributed by atoms with Crippen molar-refractivity contribution in [2.45, 2.75) is 18.9 Å². The lowest BCUT2D eigenvalue weighted by molar-refractivity contribution is 0.128. The lowest BCUT2D eigenvalue weighted by Crippen LogP contribution is -2.14. The molecule has 1 nitrogen and oxygen atoms in total. The van der Waals surface area contributed by atoms with Crippen molar-refractivity contribution >= 4 is 28.3 Å². The Morgan fingerprint density at radius 1 is 1.27 bits per heavy atom. The largest absolute Gasteiger partial charge is 0.324 e. The number of hydrogen-bond acceptors (Lipinski definition) is 1. The molecule has 0 saturated heterocycles. The van der Waals surface area contributed by atoms with Gasteiger partial charge in [-0.05, 0) is 23.8 Å². The maximum Gasteiger partial charge on any atom is 0.240 e. The average molecular weight is 305 g/mol. The summed E-state index contributed by atoms with van der Waals surface area (Å²) >= 11 is 3.06. The van der Waals surface area contributed by atoms with Gasteiger partial charge in [0.05, 0.1) is 0 Å². The van der Waals surface area contributed by atoms with Crippen LogP contribution < -0.4 is 5.73 Å². The minimum absolute atomic E-state index is 0. The Hall–Kier alpha value is -0.260. The van der Waals surface area contributed by atoms with E-state index in [1.54, 1.807) is 0 Å². The van der Waals surface area contributed by atoms with Crippen LogP contribution in [0.25, 0.3) is 0 Å². The minimum Gasteiger partial charge on any atom is -0.324 e. The molecule has 2 N–H and O–H groups in total. The fourth-order valence-corrected chi connectivity index (χ4v) is 1.60. The van der Waals surface area contributed by atoms with Crippen LogP contribution in [0.15, 0.2) is 22.7 Å². The maximum absolute atomic E-state index is 12.9. The van der Waals surface area contributed by atoms with Crippen LogP contribution in [0.4, 0.5) is 13.2 Å². The molecule has 0 amide bonds. The van der Waals surface area contributed by atoms with Gasteiger partial charge >= 0.3 is 0 Å². The van der Waals surface area contributed by atoms with Crippen LogP contribution in [-0.2, 0) is 0 Å². The quantitative estimate of drug-likeness (QED) is 0.906. The Morgan fingerprint density at radius 3 is 2.33 bits per heavy atom. The Labute approximate surface area is 100 Å². The molecule has 1 aromatic carbocycles. The van der Waals surface area contributed by atoms with E-state index in [9.17, 15) is 13.2 Å². The molecule has 0 bridgehead atoms. The number of alkyl halides is 2. The van der Waals surface area contributed by atoms with Gasteiger partial charge in [-0.25, -0.2) is 13.2 Å². The fourth-order valence-electron chi connectivity index (χ4n) is 1.12. The molecule has 1 rings (SSSR count). The highest BCUT2D eigenvalue weighted by Crippen LogP contribution is 2.22. The van der Waals surface area contributed by atoms with Crippen LogP contribution in [0.2, 0.25) is 0 Å². The molecule has 0 saturated carbocycles. The predicted molar refractivity (Wildman–Crippen MR) is 58.9 cm³/mol. The first-order chi connectivity index (χ1) is 6.49. The Balaban J connectivity index is 0.00000196. The SMILES string of the molecule is Cl.N[C@@H](CC(F)F)c1cc(F)cc(Br)c1. The van der Waals surface area contributed by atoms with Crippen molar-refractivity contribution in [2.75, 3.05) is 0 Å². The summed E-state index contributed by atoms with van der Waals surface area (Å²) in [6, 6.07) is 3.12. The highest BCUT2D eigenvalue weighted by molar-refractivity contribution is 9.10.